The van der Waals surface area contributed by atoms with Crippen molar-refractivity contribution in [3.05, 3.63) is 119 Å². The molecule has 2 aliphatic heterocycles. The predicted molar refractivity (Wildman–Crippen MR) is 336 cm³/mol. The van der Waals surface area contributed by atoms with Gasteiger partial charge in [-0.05, 0) is 124 Å². The van der Waals surface area contributed by atoms with Crippen molar-refractivity contribution in [2.24, 2.45) is 17.4 Å². The lowest BCUT2D eigenvalue weighted by Gasteiger charge is -2.37. The second-order valence-electron chi connectivity index (χ2n) is 22.9. The summed E-state index contributed by atoms with van der Waals surface area (Å²) in [5.41, 5.74) is 14.1. The van der Waals surface area contributed by atoms with Crippen molar-refractivity contribution >= 4 is 93.4 Å². The van der Waals surface area contributed by atoms with Gasteiger partial charge in [-0.1, -0.05) is 36.4 Å². The minimum absolute atomic E-state index is 0.0298. The number of carbonyl (C=O) groups is 10. The van der Waals surface area contributed by atoms with Crippen LogP contribution in [0.2, 0.25) is 0 Å². The number of nitrogens with two attached hydrogens (primary N) is 2. The van der Waals surface area contributed by atoms with Crippen LogP contribution in [0.25, 0.3) is 10.9 Å². The average Bonchev–Trinajstić information content (AvgIpc) is 1.65. The molecule has 484 valence electrons. The first-order chi connectivity index (χ1) is 43.1. The first kappa shape index (κ1) is 69.1. The average molecular weight is 1280 g/mol. The first-order valence-corrected chi connectivity index (χ1v) is 32.2. The number of carbonyl (C=O) groups excluding carboxylic acids is 9. The molecule has 5 aromatic rings. The Bertz CT molecular complexity index is 3340. The summed E-state index contributed by atoms with van der Waals surface area (Å²) in [7, 11) is 0. The fourth-order valence-electron chi connectivity index (χ4n) is 10.8. The third-order valence-corrected chi connectivity index (χ3v) is 18.0. The molecule has 0 saturated carbocycles. The van der Waals surface area contributed by atoms with E-state index in [4.69, 9.17) is 11.5 Å². The summed E-state index contributed by atoms with van der Waals surface area (Å²) in [4.78, 5) is 150. The van der Waals surface area contributed by atoms with Crippen molar-refractivity contribution in [3.63, 3.8) is 0 Å². The van der Waals surface area contributed by atoms with Gasteiger partial charge in [0, 0.05) is 84.2 Å². The van der Waals surface area contributed by atoms with Crippen molar-refractivity contribution in [2.75, 3.05) is 37.7 Å². The number of aromatic hydroxyl groups is 1. The maximum absolute atomic E-state index is 15.0. The number of hydrogen-bond acceptors (Lipinski definition) is 16. The number of amides is 8. The molecule has 15 N–H and O–H groups in total. The molecule has 25 nitrogen and oxygen atoms in total. The van der Waals surface area contributed by atoms with Crippen LogP contribution in [0.4, 0.5) is 4.39 Å². The summed E-state index contributed by atoms with van der Waals surface area (Å²) >= 11 is 2.86. The molecule has 2 bridgehead atoms. The number of phenols is 1. The van der Waals surface area contributed by atoms with Gasteiger partial charge in [-0.3, -0.25) is 47.9 Å². The molecule has 0 aliphatic carbocycles. The van der Waals surface area contributed by atoms with Crippen LogP contribution >= 0.6 is 23.5 Å². The number of aromatic amines is 2. The minimum Gasteiger partial charge on any atom is -0.508 e. The van der Waals surface area contributed by atoms with Crippen molar-refractivity contribution in [1.82, 2.24) is 57.1 Å². The highest BCUT2D eigenvalue weighted by molar-refractivity contribution is 7.98. The summed E-state index contributed by atoms with van der Waals surface area (Å²) < 4.78 is 14.6. The van der Waals surface area contributed by atoms with Gasteiger partial charge >= 0.3 is 5.97 Å². The highest BCUT2D eigenvalue weighted by atomic mass is 32.2. The second kappa shape index (κ2) is 33.5. The third-order valence-electron chi connectivity index (χ3n) is 15.9. The first-order valence-electron chi connectivity index (χ1n) is 29.9. The number of carboxylic acids is 1. The van der Waals surface area contributed by atoms with Crippen LogP contribution in [0.3, 0.4) is 0 Å². The Labute approximate surface area is 528 Å². The number of imidazole rings is 1. The number of aromatic nitrogens is 3. The topological polar surface area (TPSA) is 395 Å². The van der Waals surface area contributed by atoms with E-state index in [1.54, 1.807) is 31.3 Å². The lowest BCUT2D eigenvalue weighted by atomic mass is 9.93. The maximum atomic E-state index is 15.0. The number of aliphatic carboxylic acids is 1. The highest BCUT2D eigenvalue weighted by Crippen LogP contribution is 2.32. The van der Waals surface area contributed by atoms with Crippen molar-refractivity contribution in [1.29, 1.82) is 0 Å². The zero-order valence-electron chi connectivity index (χ0n) is 50.3. The summed E-state index contributed by atoms with van der Waals surface area (Å²) in [5.74, 6) is -7.53. The number of rotatable bonds is 13. The number of phenolic OH excluding ortho intramolecular Hbond substituents is 1. The number of benzene rings is 3. The molecule has 1 saturated heterocycles. The van der Waals surface area contributed by atoms with Crippen LogP contribution < -0.4 is 48.7 Å². The van der Waals surface area contributed by atoms with Gasteiger partial charge in [0.05, 0.1) is 25.3 Å². The number of H-pyrrole nitrogens is 2. The Morgan fingerprint density at radius 3 is 2.24 bits per heavy atom. The monoisotopic (exact) mass is 1280 g/mol. The number of nitrogens with zero attached hydrogens (tertiary/aromatic N) is 2. The number of unbranched alkanes of at least 4 members (excludes halogenated alkanes) is 1. The predicted octanol–water partition coefficient (Wildman–Crippen LogP) is 1.90. The number of ketones is 1. The summed E-state index contributed by atoms with van der Waals surface area (Å²) in [6.45, 7) is 2.99. The van der Waals surface area contributed by atoms with Crippen LogP contribution in [0, 0.1) is 11.7 Å². The van der Waals surface area contributed by atoms with Gasteiger partial charge in [0.15, 0.2) is 5.78 Å². The summed E-state index contributed by atoms with van der Waals surface area (Å²) in [6.07, 6.45) is 5.01. The largest absolute Gasteiger partial charge is 0.508 e. The molecule has 4 heterocycles. The zero-order chi connectivity index (χ0) is 64.9. The second-order valence-corrected chi connectivity index (χ2v) is 25.1. The maximum Gasteiger partial charge on any atom is 0.305 e. The minimum atomic E-state index is -1.78. The van der Waals surface area contributed by atoms with E-state index >= 15 is 4.79 Å². The van der Waals surface area contributed by atoms with E-state index in [1.165, 1.54) is 72.1 Å². The van der Waals surface area contributed by atoms with Crippen molar-refractivity contribution in [2.45, 2.75) is 138 Å². The molecular weight excluding hydrogens is 1200 g/mol. The molecule has 2 aromatic heterocycles. The van der Waals surface area contributed by atoms with E-state index in [-0.39, 0.29) is 75.4 Å². The van der Waals surface area contributed by atoms with E-state index in [2.05, 4.69) is 52.2 Å². The highest BCUT2D eigenvalue weighted by Gasteiger charge is 2.48. The molecule has 8 atom stereocenters. The van der Waals surface area contributed by atoms with Crippen LogP contribution in [0.15, 0.2) is 85.5 Å². The molecule has 3 aromatic carbocycles. The lowest BCUT2D eigenvalue weighted by Crippen LogP contribution is -2.63. The molecule has 0 spiro atoms. The molecule has 7 rings (SSSR count). The van der Waals surface area contributed by atoms with Crippen LogP contribution in [0.5, 0.6) is 5.75 Å². The molecule has 0 unspecified atom stereocenters. The SMILES string of the molecule is C[C@H]1NC[C@H](Cc2c[nH]c3ccc(F)cc23)CC(=O)CNC(=O)[C@H](CCCCN)NC(=O)CCSCc2cccc(c2)CSC[C@@H](C(N)=O)NC(=O)[C@]2(C)CCCN2C(=O)[C@H](Cc2ccc(O)cc2)NC(=O)[C@H](Cc2cnc[nH]2)NC(=O)[C@H](CC(=O)O)NC1=O. The van der Waals surface area contributed by atoms with Crippen LogP contribution in [0.1, 0.15) is 93.2 Å². The molecule has 0 radical (unpaired) electrons. The molecule has 90 heavy (non-hydrogen) atoms. The fraction of sp³-hybridized carbons (Fsp3) is 0.468. The van der Waals surface area contributed by atoms with Crippen LogP contribution in [-0.2, 0) is 78.7 Å². The lowest BCUT2D eigenvalue weighted by molar-refractivity contribution is -0.147. The van der Waals surface area contributed by atoms with Crippen molar-refractivity contribution < 1.29 is 62.5 Å². The number of thioether (sulfide) groups is 2. The van der Waals surface area contributed by atoms with E-state index in [0.717, 1.165) is 11.1 Å². The van der Waals surface area contributed by atoms with Gasteiger partial charge < -0.3 is 73.8 Å². The third kappa shape index (κ3) is 20.3. The number of nitrogens with one attached hydrogen (secondary N) is 9. The number of halogens is 1. The number of hydrogen-bond donors (Lipinski definition) is 13. The summed E-state index contributed by atoms with van der Waals surface area (Å²) in [5, 5.41) is 39.9. The molecule has 2 aliphatic rings. The molecule has 1 fully saturated rings. The fourth-order valence-corrected chi connectivity index (χ4v) is 12.7. The molecule has 28 heteroatoms. The van der Waals surface area contributed by atoms with Gasteiger partial charge in [-0.15, -0.1) is 0 Å². The van der Waals surface area contributed by atoms with Gasteiger partial charge in [-0.25, -0.2) is 9.37 Å². The smallest absolute Gasteiger partial charge is 0.305 e. The zero-order valence-corrected chi connectivity index (χ0v) is 51.9. The van der Waals surface area contributed by atoms with E-state index in [0.29, 0.717) is 70.8 Å². The molecule has 8 amide bonds. The van der Waals surface area contributed by atoms with Gasteiger partial charge in [0.25, 0.3) is 0 Å². The Morgan fingerprint density at radius 2 is 1.53 bits per heavy atom. The van der Waals surface area contributed by atoms with Crippen LogP contribution in [-0.4, -0.2) is 169 Å². The van der Waals surface area contributed by atoms with Gasteiger partial charge in [-0.2, -0.15) is 23.5 Å². The number of fused-ring (bicyclic) bond motifs is 4. The number of carboxylic acid groups (broad SMARTS) is 1. The standard InChI is InChI=1S/C62H80FN13O12S2/c1-36-56(83)72-50(27-54(80)81)59(86)73-49(26-43-30-66-35-70-43)58(85)74-51(24-37-10-13-44(77)14-11-37)60(87)76-19-6-17-62(76,2)61(88)75-52(55(65)82)34-90-33-39-8-5-7-38(21-39)32-89-20-16-53(79)71-48(9-3-4-18-64)57(84)69-31-45(78)23-40(28-67-36)22-41-29-68-47-15-12-42(63)25-46(41)47/h5,7-8,10-15,21,25,29-30,35-36,40,48-52,67-68,77H,3-4,6,9,16-20,22-24,26-28,31-34,64H2,1-2H3,(H2,65,82)(H,66,70)(H,69,84)(H,71,79)(H,72,83)(H,73,86)(H,74,85)(H,75,88)(H,80,81)/t36-,40-,48+,49+,50+,51+,52+,62+/m1/s1. The van der Waals surface area contributed by atoms with E-state index in [1.807, 2.05) is 24.3 Å². The Hall–Kier alpha value is -8.34. The Balaban J connectivity index is 1.17. The van der Waals surface area contributed by atoms with E-state index < -0.39 is 120 Å². The number of Topliss-reactive ketones (excluding diaryl/α,β-unsaturated/α-hetero) is 1. The van der Waals surface area contributed by atoms with Gasteiger partial charge in [0.1, 0.15) is 47.3 Å². The Kier molecular flexibility index (Phi) is 25.7. The van der Waals surface area contributed by atoms with Crippen molar-refractivity contribution in [3.8, 4) is 5.75 Å². The van der Waals surface area contributed by atoms with E-state index in [9.17, 15) is 57.8 Å². The van der Waals surface area contributed by atoms with Gasteiger partial charge in [0.2, 0.25) is 47.3 Å². The quantitative estimate of drug-likeness (QED) is 0.0749. The number of primary amides is 1. The summed E-state index contributed by atoms with van der Waals surface area (Å²) in [6, 6.07) is 9.79. The molecular formula is C62H80FN13O12S2. The Morgan fingerprint density at radius 1 is 0.811 bits per heavy atom. The normalized spacial score (nSPS) is 24.1.